The van der Waals surface area contributed by atoms with Crippen LogP contribution in [-0.4, -0.2) is 51.1 Å². The lowest BCUT2D eigenvalue weighted by Crippen LogP contribution is -2.28. The van der Waals surface area contributed by atoms with E-state index in [1.54, 1.807) is 0 Å². The summed E-state index contributed by atoms with van der Waals surface area (Å²) in [6.07, 6.45) is 0.547. The molecule has 0 amide bonds. The topological polar surface area (TPSA) is 83.9 Å². The highest BCUT2D eigenvalue weighted by Crippen LogP contribution is 2.22. The van der Waals surface area contributed by atoms with Crippen LogP contribution in [0.15, 0.2) is 23.1 Å². The van der Waals surface area contributed by atoms with Crippen molar-refractivity contribution in [3.63, 3.8) is 0 Å². The van der Waals surface area contributed by atoms with Gasteiger partial charge in [0.1, 0.15) is 0 Å². The Morgan fingerprint density at radius 2 is 2.10 bits per heavy atom. The molecule has 0 aliphatic carbocycles. The Morgan fingerprint density at radius 3 is 2.65 bits per heavy atom. The standard InChI is InChI=1S/C12H16ClNO5S/c1-14(6-3-7-19-2)20(17,18)9-4-5-11(13)10(8-9)12(15)16/h4-5,8H,3,6-7H2,1-2H3,(H,15,16). The Balaban J connectivity index is 3.03. The van der Waals surface area contributed by atoms with E-state index in [0.717, 1.165) is 10.4 Å². The van der Waals surface area contributed by atoms with Gasteiger partial charge in [0.05, 0.1) is 15.5 Å². The van der Waals surface area contributed by atoms with Crippen LogP contribution < -0.4 is 0 Å². The summed E-state index contributed by atoms with van der Waals surface area (Å²) in [5.74, 6) is -1.27. The van der Waals surface area contributed by atoms with E-state index in [4.69, 9.17) is 21.4 Å². The number of carbonyl (C=O) groups is 1. The minimum absolute atomic E-state index is 0.00140. The molecule has 0 spiro atoms. The fraction of sp³-hybridized carbons (Fsp3) is 0.417. The third-order valence-corrected chi connectivity index (χ3v) is 4.88. The van der Waals surface area contributed by atoms with Gasteiger partial charge >= 0.3 is 5.97 Å². The number of methoxy groups -OCH3 is 1. The first kappa shape index (κ1) is 16.9. The van der Waals surface area contributed by atoms with Crippen molar-refractivity contribution in [2.24, 2.45) is 0 Å². The van der Waals surface area contributed by atoms with Crippen LogP contribution in [0.2, 0.25) is 5.02 Å². The molecular weight excluding hydrogens is 306 g/mol. The number of sulfonamides is 1. The van der Waals surface area contributed by atoms with Crippen molar-refractivity contribution in [1.29, 1.82) is 0 Å². The summed E-state index contributed by atoms with van der Waals surface area (Å²) in [7, 11) is -0.771. The van der Waals surface area contributed by atoms with Crippen molar-refractivity contribution in [2.45, 2.75) is 11.3 Å². The van der Waals surface area contributed by atoms with Crippen LogP contribution in [0.5, 0.6) is 0 Å². The minimum Gasteiger partial charge on any atom is -0.478 e. The molecule has 0 aromatic heterocycles. The van der Waals surface area contributed by atoms with Gasteiger partial charge < -0.3 is 9.84 Å². The number of hydrogen-bond acceptors (Lipinski definition) is 4. The molecule has 0 saturated carbocycles. The molecule has 0 aliphatic rings. The quantitative estimate of drug-likeness (QED) is 0.773. The Hall–Kier alpha value is -1.15. The van der Waals surface area contributed by atoms with Gasteiger partial charge in [-0.15, -0.1) is 0 Å². The van der Waals surface area contributed by atoms with Crippen molar-refractivity contribution in [2.75, 3.05) is 27.3 Å². The normalized spacial score (nSPS) is 11.8. The summed E-state index contributed by atoms with van der Waals surface area (Å²) < 4.78 is 30.5. The maximum atomic E-state index is 12.3. The van der Waals surface area contributed by atoms with Gasteiger partial charge in [0, 0.05) is 27.3 Å². The van der Waals surface area contributed by atoms with Crippen LogP contribution in [-0.2, 0) is 14.8 Å². The van der Waals surface area contributed by atoms with Crippen molar-refractivity contribution in [3.05, 3.63) is 28.8 Å². The van der Waals surface area contributed by atoms with Gasteiger partial charge in [-0.05, 0) is 24.6 Å². The molecule has 0 aliphatic heterocycles. The summed E-state index contributed by atoms with van der Waals surface area (Å²) in [6.45, 7) is 0.724. The average Bonchev–Trinajstić information content (AvgIpc) is 2.38. The first-order valence-corrected chi connectivity index (χ1v) is 7.60. The van der Waals surface area contributed by atoms with Gasteiger partial charge in [-0.25, -0.2) is 17.5 Å². The Kier molecular flexibility index (Phi) is 5.94. The number of aromatic carboxylic acids is 1. The summed E-state index contributed by atoms with van der Waals surface area (Å²) in [5.41, 5.74) is -0.238. The summed E-state index contributed by atoms with van der Waals surface area (Å²) in [4.78, 5) is 10.9. The smallest absolute Gasteiger partial charge is 0.337 e. The second-order valence-corrected chi connectivity index (χ2v) is 6.57. The van der Waals surface area contributed by atoms with Crippen LogP contribution in [0.4, 0.5) is 0 Å². The highest BCUT2D eigenvalue weighted by molar-refractivity contribution is 7.89. The number of hydrogen-bond donors (Lipinski definition) is 1. The number of halogens is 1. The fourth-order valence-corrected chi connectivity index (χ4v) is 2.99. The van der Waals surface area contributed by atoms with Gasteiger partial charge in [0.25, 0.3) is 0 Å². The number of carboxylic acid groups (broad SMARTS) is 1. The molecule has 1 aromatic carbocycles. The maximum Gasteiger partial charge on any atom is 0.337 e. The van der Waals surface area contributed by atoms with E-state index < -0.39 is 16.0 Å². The zero-order chi connectivity index (χ0) is 15.3. The molecule has 20 heavy (non-hydrogen) atoms. The molecule has 0 fully saturated rings. The van der Waals surface area contributed by atoms with Crippen LogP contribution in [0.25, 0.3) is 0 Å². The number of ether oxygens (including phenoxy) is 1. The van der Waals surface area contributed by atoms with E-state index in [1.807, 2.05) is 0 Å². The SMILES string of the molecule is COCCCN(C)S(=O)(=O)c1ccc(Cl)c(C(=O)O)c1. The third kappa shape index (κ3) is 3.92. The van der Waals surface area contributed by atoms with Crippen molar-refractivity contribution >= 4 is 27.6 Å². The van der Waals surface area contributed by atoms with Crippen molar-refractivity contribution < 1.29 is 23.1 Å². The van der Waals surface area contributed by atoms with E-state index in [2.05, 4.69) is 0 Å². The highest BCUT2D eigenvalue weighted by Gasteiger charge is 2.22. The van der Waals surface area contributed by atoms with Crippen molar-refractivity contribution in [3.8, 4) is 0 Å². The van der Waals surface area contributed by atoms with Gasteiger partial charge in [-0.2, -0.15) is 0 Å². The molecule has 112 valence electrons. The second-order valence-electron chi connectivity index (χ2n) is 4.12. The molecule has 0 bridgehead atoms. The predicted octanol–water partition coefficient (Wildman–Crippen LogP) is 1.70. The molecule has 1 rings (SSSR count). The number of benzene rings is 1. The molecular formula is C12H16ClNO5S. The van der Waals surface area contributed by atoms with E-state index in [9.17, 15) is 13.2 Å². The monoisotopic (exact) mass is 321 g/mol. The predicted molar refractivity (Wildman–Crippen MR) is 74.7 cm³/mol. The van der Waals surface area contributed by atoms with Crippen molar-refractivity contribution in [1.82, 2.24) is 4.31 Å². The largest absolute Gasteiger partial charge is 0.478 e. The molecule has 1 aromatic rings. The Bertz CT molecular complexity index is 588. The van der Waals surface area contributed by atoms with E-state index >= 15 is 0 Å². The highest BCUT2D eigenvalue weighted by atomic mass is 35.5. The lowest BCUT2D eigenvalue weighted by molar-refractivity contribution is 0.0697. The van der Waals surface area contributed by atoms with E-state index in [0.29, 0.717) is 13.0 Å². The molecule has 6 nitrogen and oxygen atoms in total. The minimum atomic E-state index is -3.74. The summed E-state index contributed by atoms with van der Waals surface area (Å²) in [5, 5.41) is 8.96. The number of nitrogens with zero attached hydrogens (tertiary/aromatic N) is 1. The zero-order valence-electron chi connectivity index (χ0n) is 11.2. The maximum absolute atomic E-state index is 12.3. The van der Waals surface area contributed by atoms with Crippen LogP contribution in [0.1, 0.15) is 16.8 Å². The molecule has 1 N–H and O–H groups in total. The Labute approximate surface area is 123 Å². The zero-order valence-corrected chi connectivity index (χ0v) is 12.7. The average molecular weight is 322 g/mol. The van der Waals surface area contributed by atoms with E-state index in [1.165, 1.54) is 26.3 Å². The van der Waals surface area contributed by atoms with Gasteiger partial charge in [0.2, 0.25) is 10.0 Å². The molecule has 0 heterocycles. The second kappa shape index (κ2) is 7.03. The first-order valence-electron chi connectivity index (χ1n) is 5.79. The molecule has 0 radical (unpaired) electrons. The number of carboxylic acids is 1. The third-order valence-electron chi connectivity index (χ3n) is 2.70. The molecule has 0 unspecified atom stereocenters. The van der Waals surface area contributed by atoms with Gasteiger partial charge in [-0.3, -0.25) is 0 Å². The molecule has 0 atom stereocenters. The van der Waals surface area contributed by atoms with Crippen LogP contribution in [0, 0.1) is 0 Å². The fourth-order valence-electron chi connectivity index (χ4n) is 1.56. The first-order chi connectivity index (χ1) is 9.30. The van der Waals surface area contributed by atoms with E-state index in [-0.39, 0.29) is 22.0 Å². The Morgan fingerprint density at radius 1 is 1.45 bits per heavy atom. The van der Waals surface area contributed by atoms with Gasteiger partial charge in [-0.1, -0.05) is 11.6 Å². The molecule has 0 saturated heterocycles. The summed E-state index contributed by atoms with van der Waals surface area (Å²) >= 11 is 5.72. The number of rotatable bonds is 7. The van der Waals surface area contributed by atoms with Gasteiger partial charge in [0.15, 0.2) is 0 Å². The van der Waals surface area contributed by atoms with Crippen LogP contribution >= 0.6 is 11.6 Å². The lowest BCUT2D eigenvalue weighted by Gasteiger charge is -2.17. The van der Waals surface area contributed by atoms with Crippen LogP contribution in [0.3, 0.4) is 0 Å². The molecule has 8 heteroatoms. The lowest BCUT2D eigenvalue weighted by atomic mass is 10.2. The summed E-state index contributed by atoms with van der Waals surface area (Å²) in [6, 6.07) is 3.62.